The molecule has 0 spiro atoms. The Balaban J connectivity index is 2.67. The fourth-order valence-corrected chi connectivity index (χ4v) is 2.52. The van der Waals surface area contributed by atoms with E-state index in [2.05, 4.69) is 25.9 Å². The normalized spacial score (nSPS) is 11.7. The average Bonchev–Trinajstić information content (AvgIpc) is 2.34. The van der Waals surface area contributed by atoms with Gasteiger partial charge in [0.05, 0.1) is 5.69 Å². The molecular weight excluding hydrogens is 330 g/mol. The van der Waals surface area contributed by atoms with Crippen LogP contribution in [0.1, 0.15) is 26.5 Å². The van der Waals surface area contributed by atoms with Crippen LogP contribution in [0.3, 0.4) is 0 Å². The van der Waals surface area contributed by atoms with Gasteiger partial charge in [0.2, 0.25) is 0 Å². The predicted octanol–water partition coefficient (Wildman–Crippen LogP) is 3.78. The third kappa shape index (κ3) is 2.80. The molecule has 0 aliphatic heterocycles. The first-order valence-electron chi connectivity index (χ1n) is 5.96. The first-order chi connectivity index (χ1) is 9.20. The average molecular weight is 343 g/mol. The van der Waals surface area contributed by atoms with Crippen LogP contribution >= 0.6 is 15.9 Å². The van der Waals surface area contributed by atoms with Crippen molar-refractivity contribution in [3.8, 4) is 11.4 Å². The number of benzene rings is 1. The summed E-state index contributed by atoms with van der Waals surface area (Å²) < 4.78 is 26.6. The molecule has 0 atom stereocenters. The van der Waals surface area contributed by atoms with Crippen LogP contribution in [0.2, 0.25) is 0 Å². The molecule has 2 rings (SSSR count). The molecule has 1 aromatic carbocycles. The van der Waals surface area contributed by atoms with Gasteiger partial charge in [-0.2, -0.15) is 0 Å². The minimum Gasteiger partial charge on any atom is -0.306 e. The van der Waals surface area contributed by atoms with E-state index in [-0.39, 0.29) is 16.8 Å². The topological polar surface area (TPSA) is 45.8 Å². The number of nitrogens with one attached hydrogen (secondary N) is 1. The second kappa shape index (κ2) is 5.09. The standard InChI is InChI=1S/C14H13BrF2N2O/c1-14(2,3)11-10(15)13(20)19-12(18-11)7-4-5-8(16)9(17)6-7/h4-6H,1-3H3,(H,18,19,20). The number of aromatic amines is 1. The fraction of sp³-hybridized carbons (Fsp3) is 0.286. The van der Waals surface area contributed by atoms with Crippen molar-refractivity contribution in [2.75, 3.05) is 0 Å². The van der Waals surface area contributed by atoms with E-state index in [0.29, 0.717) is 15.7 Å². The number of rotatable bonds is 1. The Morgan fingerprint density at radius 3 is 2.40 bits per heavy atom. The molecule has 3 nitrogen and oxygen atoms in total. The minimum atomic E-state index is -0.981. The Morgan fingerprint density at radius 2 is 1.85 bits per heavy atom. The largest absolute Gasteiger partial charge is 0.306 e. The van der Waals surface area contributed by atoms with Crippen molar-refractivity contribution in [3.63, 3.8) is 0 Å². The highest BCUT2D eigenvalue weighted by atomic mass is 79.9. The Bertz CT molecular complexity index is 720. The van der Waals surface area contributed by atoms with Gasteiger partial charge in [-0.3, -0.25) is 4.79 Å². The highest BCUT2D eigenvalue weighted by molar-refractivity contribution is 9.10. The quantitative estimate of drug-likeness (QED) is 0.857. The van der Waals surface area contributed by atoms with Crippen LogP contribution < -0.4 is 5.56 Å². The van der Waals surface area contributed by atoms with Crippen molar-refractivity contribution < 1.29 is 8.78 Å². The van der Waals surface area contributed by atoms with Crippen LogP contribution in [-0.4, -0.2) is 9.97 Å². The summed E-state index contributed by atoms with van der Waals surface area (Å²) in [5.74, 6) is -1.71. The van der Waals surface area contributed by atoms with Gasteiger partial charge in [0.1, 0.15) is 10.3 Å². The molecule has 20 heavy (non-hydrogen) atoms. The number of H-pyrrole nitrogens is 1. The molecule has 0 saturated heterocycles. The van der Waals surface area contributed by atoms with Crippen LogP contribution in [0.15, 0.2) is 27.5 Å². The number of hydrogen-bond acceptors (Lipinski definition) is 2. The molecule has 0 saturated carbocycles. The van der Waals surface area contributed by atoms with Gasteiger partial charge in [-0.25, -0.2) is 13.8 Å². The van der Waals surface area contributed by atoms with Crippen molar-refractivity contribution in [1.29, 1.82) is 0 Å². The molecule has 6 heteroatoms. The van der Waals surface area contributed by atoms with E-state index in [1.807, 2.05) is 20.8 Å². The Labute approximate surface area is 123 Å². The van der Waals surface area contributed by atoms with Gasteiger partial charge >= 0.3 is 0 Å². The number of aromatic nitrogens is 2. The van der Waals surface area contributed by atoms with E-state index < -0.39 is 11.6 Å². The summed E-state index contributed by atoms with van der Waals surface area (Å²) in [5.41, 5.74) is 0.157. The molecule has 1 heterocycles. The zero-order valence-electron chi connectivity index (χ0n) is 11.2. The van der Waals surface area contributed by atoms with Gasteiger partial charge in [-0.1, -0.05) is 20.8 Å². The summed E-state index contributed by atoms with van der Waals surface area (Å²) in [6.45, 7) is 5.73. The van der Waals surface area contributed by atoms with Crippen LogP contribution in [0, 0.1) is 11.6 Å². The van der Waals surface area contributed by atoms with Crippen molar-refractivity contribution in [3.05, 3.63) is 50.4 Å². The Hall–Kier alpha value is -1.56. The predicted molar refractivity (Wildman–Crippen MR) is 76.6 cm³/mol. The SMILES string of the molecule is CC(C)(C)c1nc(-c2ccc(F)c(F)c2)[nH]c(=O)c1Br. The summed E-state index contributed by atoms with van der Waals surface area (Å²) in [6.07, 6.45) is 0. The molecule has 0 amide bonds. The number of nitrogens with zero attached hydrogens (tertiary/aromatic N) is 1. The lowest BCUT2D eigenvalue weighted by molar-refractivity contribution is 0.509. The van der Waals surface area contributed by atoms with Crippen LogP contribution in [0.5, 0.6) is 0 Å². The van der Waals surface area contributed by atoms with Crippen LogP contribution in [0.25, 0.3) is 11.4 Å². The monoisotopic (exact) mass is 342 g/mol. The van der Waals surface area contributed by atoms with E-state index in [1.165, 1.54) is 6.07 Å². The lowest BCUT2D eigenvalue weighted by Crippen LogP contribution is -2.22. The lowest BCUT2D eigenvalue weighted by atomic mass is 9.92. The Morgan fingerprint density at radius 1 is 1.20 bits per heavy atom. The highest BCUT2D eigenvalue weighted by Crippen LogP contribution is 2.27. The van der Waals surface area contributed by atoms with Gasteiger partial charge in [-0.05, 0) is 34.1 Å². The Kier molecular flexibility index (Phi) is 3.77. The van der Waals surface area contributed by atoms with Crippen molar-refractivity contribution in [2.45, 2.75) is 26.2 Å². The van der Waals surface area contributed by atoms with E-state index in [0.717, 1.165) is 12.1 Å². The molecule has 0 aliphatic carbocycles. The molecule has 0 radical (unpaired) electrons. The molecule has 106 valence electrons. The maximum atomic E-state index is 13.3. The summed E-state index contributed by atoms with van der Waals surface area (Å²) in [5, 5.41) is 0. The first kappa shape index (κ1) is 14.8. The fourth-order valence-electron chi connectivity index (χ4n) is 1.74. The van der Waals surface area contributed by atoms with Crippen LogP contribution in [0.4, 0.5) is 8.78 Å². The summed E-state index contributed by atoms with van der Waals surface area (Å²) >= 11 is 3.21. The smallest absolute Gasteiger partial charge is 0.265 e. The molecule has 0 aliphatic rings. The van der Waals surface area contributed by atoms with E-state index in [1.54, 1.807) is 0 Å². The van der Waals surface area contributed by atoms with Crippen molar-refractivity contribution in [1.82, 2.24) is 9.97 Å². The second-order valence-electron chi connectivity index (χ2n) is 5.46. The van der Waals surface area contributed by atoms with Crippen LogP contribution in [-0.2, 0) is 5.41 Å². The summed E-state index contributed by atoms with van der Waals surface area (Å²) in [4.78, 5) is 18.8. The highest BCUT2D eigenvalue weighted by Gasteiger charge is 2.22. The summed E-state index contributed by atoms with van der Waals surface area (Å²) in [6, 6.07) is 3.38. The maximum absolute atomic E-state index is 13.3. The number of hydrogen-bond donors (Lipinski definition) is 1. The third-order valence-corrected chi connectivity index (χ3v) is 3.50. The van der Waals surface area contributed by atoms with E-state index >= 15 is 0 Å². The van der Waals surface area contributed by atoms with Gasteiger partial charge in [-0.15, -0.1) is 0 Å². The minimum absolute atomic E-state index is 0.210. The van der Waals surface area contributed by atoms with Crippen molar-refractivity contribution >= 4 is 15.9 Å². The van der Waals surface area contributed by atoms with E-state index in [4.69, 9.17) is 0 Å². The molecular formula is C14H13BrF2N2O. The van der Waals surface area contributed by atoms with Gasteiger partial charge in [0.15, 0.2) is 11.6 Å². The molecule has 0 fully saturated rings. The van der Waals surface area contributed by atoms with Gasteiger partial charge in [0.25, 0.3) is 5.56 Å². The van der Waals surface area contributed by atoms with Gasteiger partial charge < -0.3 is 4.98 Å². The first-order valence-corrected chi connectivity index (χ1v) is 6.75. The molecule has 1 N–H and O–H groups in total. The van der Waals surface area contributed by atoms with E-state index in [9.17, 15) is 13.6 Å². The zero-order chi connectivity index (χ0) is 15.1. The molecule has 0 bridgehead atoms. The molecule has 1 aromatic heterocycles. The molecule has 0 unspecified atom stereocenters. The zero-order valence-corrected chi connectivity index (χ0v) is 12.8. The maximum Gasteiger partial charge on any atom is 0.265 e. The number of halogens is 3. The van der Waals surface area contributed by atoms with Crippen molar-refractivity contribution in [2.24, 2.45) is 0 Å². The summed E-state index contributed by atoms with van der Waals surface area (Å²) in [7, 11) is 0. The third-order valence-electron chi connectivity index (χ3n) is 2.77. The molecule has 2 aromatic rings. The van der Waals surface area contributed by atoms with Gasteiger partial charge in [0, 0.05) is 11.0 Å². The second-order valence-corrected chi connectivity index (χ2v) is 6.25. The lowest BCUT2D eigenvalue weighted by Gasteiger charge is -2.19.